The number of rotatable bonds is 6. The van der Waals surface area contributed by atoms with Gasteiger partial charge < -0.3 is 5.32 Å². The minimum atomic E-state index is -4.82. The summed E-state index contributed by atoms with van der Waals surface area (Å²) in [7, 11) is -4.21. The molecule has 2 N–H and O–H groups in total. The van der Waals surface area contributed by atoms with Crippen LogP contribution >= 0.6 is 0 Å². The smallest absolute Gasteiger partial charge is 0.317 e. The standard InChI is InChI=1S/C22H30F3N5O2S/c1-33(31,32)20-18(22(23,24)25)9-8-17(19(20)21-27-29-30-28-21)16-6-4-14(5-7-16)2-3-15-10-12-26-13-11-15/h8-9,14-16,26H,2-7,10-13H2,1H3,(H,27,28,29,30). The summed E-state index contributed by atoms with van der Waals surface area (Å²) in [5, 5.41) is 16.8. The highest BCUT2D eigenvalue weighted by Crippen LogP contribution is 2.46. The van der Waals surface area contributed by atoms with Crippen LogP contribution in [-0.2, 0) is 16.0 Å². The maximum absolute atomic E-state index is 13.7. The zero-order valence-corrected chi connectivity index (χ0v) is 19.5. The first-order valence-corrected chi connectivity index (χ1v) is 13.4. The van der Waals surface area contributed by atoms with Gasteiger partial charge in [-0.1, -0.05) is 18.9 Å². The maximum Gasteiger partial charge on any atom is 0.417 e. The monoisotopic (exact) mass is 485 g/mol. The molecule has 0 atom stereocenters. The van der Waals surface area contributed by atoms with Crippen molar-refractivity contribution in [3.05, 3.63) is 23.3 Å². The molecule has 1 aromatic carbocycles. The lowest BCUT2D eigenvalue weighted by molar-refractivity contribution is -0.139. The van der Waals surface area contributed by atoms with Crippen LogP contribution in [0, 0.1) is 11.8 Å². The van der Waals surface area contributed by atoms with Gasteiger partial charge in [-0.2, -0.15) is 18.4 Å². The minimum absolute atomic E-state index is 0.0450. The van der Waals surface area contributed by atoms with Gasteiger partial charge in [0.05, 0.1) is 10.5 Å². The third-order valence-corrected chi connectivity index (χ3v) is 8.33. The molecule has 0 radical (unpaired) electrons. The quantitative estimate of drug-likeness (QED) is 0.631. The van der Waals surface area contributed by atoms with E-state index in [-0.39, 0.29) is 17.3 Å². The van der Waals surface area contributed by atoms with E-state index in [0.29, 0.717) is 11.5 Å². The molecule has 33 heavy (non-hydrogen) atoms. The van der Waals surface area contributed by atoms with Crippen LogP contribution in [0.2, 0.25) is 0 Å². The van der Waals surface area contributed by atoms with E-state index < -0.39 is 26.5 Å². The molecule has 0 spiro atoms. The Hall–Kier alpha value is -2.01. The Bertz CT molecular complexity index is 1040. The number of nitrogens with one attached hydrogen (secondary N) is 2. The molecule has 2 heterocycles. The molecule has 11 heteroatoms. The van der Waals surface area contributed by atoms with Gasteiger partial charge in [0.25, 0.3) is 0 Å². The largest absolute Gasteiger partial charge is 0.417 e. The predicted octanol–water partition coefficient (Wildman–Crippen LogP) is 4.34. The van der Waals surface area contributed by atoms with E-state index in [1.807, 2.05) is 0 Å². The van der Waals surface area contributed by atoms with Crippen molar-refractivity contribution >= 4 is 9.84 Å². The summed E-state index contributed by atoms with van der Waals surface area (Å²) in [5.74, 6) is 1.22. The van der Waals surface area contributed by atoms with Gasteiger partial charge in [-0.3, -0.25) is 0 Å². The number of H-pyrrole nitrogens is 1. The molecule has 0 amide bonds. The zero-order valence-electron chi connectivity index (χ0n) is 18.7. The van der Waals surface area contributed by atoms with Crippen LogP contribution in [0.4, 0.5) is 13.2 Å². The number of piperidine rings is 1. The third-order valence-electron chi connectivity index (χ3n) is 7.16. The highest BCUT2D eigenvalue weighted by atomic mass is 32.2. The van der Waals surface area contributed by atoms with Gasteiger partial charge in [-0.15, -0.1) is 10.2 Å². The number of tetrazole rings is 1. The van der Waals surface area contributed by atoms with Crippen LogP contribution in [0.5, 0.6) is 0 Å². The van der Waals surface area contributed by atoms with Gasteiger partial charge in [0.15, 0.2) is 9.84 Å². The number of hydrogen-bond donors (Lipinski definition) is 2. The third kappa shape index (κ3) is 5.56. The number of aromatic amines is 1. The minimum Gasteiger partial charge on any atom is -0.317 e. The summed E-state index contributed by atoms with van der Waals surface area (Å²) < 4.78 is 66.3. The Morgan fingerprint density at radius 3 is 2.18 bits per heavy atom. The Morgan fingerprint density at radius 2 is 1.64 bits per heavy atom. The Kier molecular flexibility index (Phi) is 7.09. The summed E-state index contributed by atoms with van der Waals surface area (Å²) >= 11 is 0. The molecule has 1 saturated carbocycles. The molecule has 2 aromatic rings. The Labute approximate surface area is 191 Å². The van der Waals surface area contributed by atoms with Gasteiger partial charge in [-0.05, 0) is 86.2 Å². The topological polar surface area (TPSA) is 101 Å². The molecule has 4 rings (SSSR count). The van der Waals surface area contributed by atoms with Crippen molar-refractivity contribution in [1.29, 1.82) is 0 Å². The van der Waals surface area contributed by atoms with Crippen molar-refractivity contribution in [2.75, 3.05) is 19.3 Å². The number of halogens is 3. The molecule has 2 fully saturated rings. The second-order valence-corrected chi connectivity index (χ2v) is 11.4. The van der Waals surface area contributed by atoms with E-state index in [9.17, 15) is 21.6 Å². The number of aromatic nitrogens is 4. The average molecular weight is 486 g/mol. The van der Waals surface area contributed by atoms with Gasteiger partial charge in [0.2, 0.25) is 5.82 Å². The van der Waals surface area contributed by atoms with Crippen molar-refractivity contribution in [3.8, 4) is 11.4 Å². The lowest BCUT2D eigenvalue weighted by atomic mass is 9.75. The molecular weight excluding hydrogens is 455 g/mol. The van der Waals surface area contributed by atoms with Crippen LogP contribution in [0.15, 0.2) is 17.0 Å². The van der Waals surface area contributed by atoms with Gasteiger partial charge in [0, 0.05) is 11.8 Å². The van der Waals surface area contributed by atoms with E-state index in [4.69, 9.17) is 0 Å². The fraction of sp³-hybridized carbons (Fsp3) is 0.682. The lowest BCUT2D eigenvalue weighted by Crippen LogP contribution is -2.28. The highest BCUT2D eigenvalue weighted by Gasteiger charge is 2.40. The summed E-state index contributed by atoms with van der Waals surface area (Å²) in [6, 6.07) is 2.29. The van der Waals surface area contributed by atoms with Crippen LogP contribution in [0.1, 0.15) is 68.4 Å². The van der Waals surface area contributed by atoms with E-state index in [0.717, 1.165) is 57.0 Å². The van der Waals surface area contributed by atoms with Gasteiger partial charge in [-0.25, -0.2) is 8.42 Å². The van der Waals surface area contributed by atoms with Crippen LogP contribution in [0.3, 0.4) is 0 Å². The zero-order chi connectivity index (χ0) is 23.6. The maximum atomic E-state index is 13.7. The molecule has 1 aliphatic carbocycles. The molecular formula is C22H30F3N5O2S. The molecule has 1 saturated heterocycles. The Balaban J connectivity index is 1.59. The molecule has 1 aliphatic heterocycles. The second-order valence-electron chi connectivity index (χ2n) is 9.40. The number of alkyl halides is 3. The molecule has 0 bridgehead atoms. The molecule has 0 unspecified atom stereocenters. The molecule has 2 aliphatic rings. The summed E-state index contributed by atoms with van der Waals surface area (Å²) in [4.78, 5) is -0.762. The van der Waals surface area contributed by atoms with Crippen molar-refractivity contribution in [2.45, 2.75) is 68.4 Å². The van der Waals surface area contributed by atoms with Crippen LogP contribution in [-0.4, -0.2) is 48.4 Å². The van der Waals surface area contributed by atoms with E-state index in [2.05, 4.69) is 25.9 Å². The summed E-state index contributed by atoms with van der Waals surface area (Å²) in [5.41, 5.74) is -0.704. The SMILES string of the molecule is CS(=O)(=O)c1c(C(F)(F)F)ccc(C2CCC(CCC3CCNCC3)CC2)c1-c1nn[nH]n1. The molecule has 7 nitrogen and oxygen atoms in total. The van der Waals surface area contributed by atoms with Crippen molar-refractivity contribution in [1.82, 2.24) is 25.9 Å². The fourth-order valence-corrected chi connectivity index (χ4v) is 6.61. The first kappa shape index (κ1) is 24.1. The first-order valence-electron chi connectivity index (χ1n) is 11.5. The fourth-order valence-electron chi connectivity index (χ4n) is 5.45. The summed E-state index contributed by atoms with van der Waals surface area (Å²) in [6.45, 7) is 2.18. The summed E-state index contributed by atoms with van der Waals surface area (Å²) in [6.07, 6.45) is 4.40. The predicted molar refractivity (Wildman–Crippen MR) is 117 cm³/mol. The van der Waals surface area contributed by atoms with Crippen molar-refractivity contribution < 1.29 is 21.6 Å². The van der Waals surface area contributed by atoms with Gasteiger partial charge >= 0.3 is 6.18 Å². The number of hydrogen-bond acceptors (Lipinski definition) is 6. The second kappa shape index (κ2) is 9.69. The normalized spacial score (nSPS) is 23.0. The Morgan fingerprint density at radius 1 is 1.00 bits per heavy atom. The van der Waals surface area contributed by atoms with Crippen LogP contribution < -0.4 is 5.32 Å². The van der Waals surface area contributed by atoms with Crippen molar-refractivity contribution in [3.63, 3.8) is 0 Å². The lowest BCUT2D eigenvalue weighted by Gasteiger charge is -2.32. The van der Waals surface area contributed by atoms with Crippen LogP contribution in [0.25, 0.3) is 11.4 Å². The highest BCUT2D eigenvalue weighted by molar-refractivity contribution is 7.91. The number of nitrogens with zero attached hydrogens (tertiary/aromatic N) is 3. The van der Waals surface area contributed by atoms with Gasteiger partial charge in [0.1, 0.15) is 0 Å². The average Bonchev–Trinajstić information content (AvgIpc) is 3.31. The first-order chi connectivity index (χ1) is 15.6. The molecule has 182 valence electrons. The van der Waals surface area contributed by atoms with E-state index in [1.165, 1.54) is 31.7 Å². The number of sulfone groups is 1. The molecule has 1 aromatic heterocycles. The number of benzene rings is 1. The van der Waals surface area contributed by atoms with E-state index in [1.54, 1.807) is 0 Å². The van der Waals surface area contributed by atoms with E-state index >= 15 is 0 Å². The van der Waals surface area contributed by atoms with Crippen molar-refractivity contribution in [2.24, 2.45) is 11.8 Å².